The molecule has 0 bridgehead atoms. The first-order chi connectivity index (χ1) is 13.5. The summed E-state index contributed by atoms with van der Waals surface area (Å²) >= 11 is 0. The Balaban J connectivity index is 1.54. The van der Waals surface area contributed by atoms with E-state index in [0.717, 1.165) is 42.4 Å². The number of pyridine rings is 1. The molecular formula is C23H28N4O. The van der Waals surface area contributed by atoms with Crippen LogP contribution in [0.25, 0.3) is 11.0 Å². The molecule has 28 heavy (non-hydrogen) atoms. The molecule has 0 radical (unpaired) electrons. The summed E-state index contributed by atoms with van der Waals surface area (Å²) in [7, 11) is 0. The molecule has 4 rings (SSSR count). The van der Waals surface area contributed by atoms with E-state index < -0.39 is 0 Å². The van der Waals surface area contributed by atoms with Crippen molar-refractivity contribution in [3.05, 3.63) is 59.4 Å². The maximum absolute atomic E-state index is 13.1. The van der Waals surface area contributed by atoms with Crippen LogP contribution >= 0.6 is 0 Å². The van der Waals surface area contributed by atoms with Crippen LogP contribution in [0.3, 0.4) is 0 Å². The lowest BCUT2D eigenvalue weighted by atomic mass is 10.0. The van der Waals surface area contributed by atoms with E-state index in [2.05, 4.69) is 55.5 Å². The molecule has 5 heteroatoms. The normalized spacial score (nSPS) is 15.1. The van der Waals surface area contributed by atoms with Crippen molar-refractivity contribution < 1.29 is 4.79 Å². The number of carbonyl (C=O) groups is 1. The number of amides is 1. The van der Waals surface area contributed by atoms with E-state index in [9.17, 15) is 4.79 Å². The molecule has 2 aromatic heterocycles. The summed E-state index contributed by atoms with van der Waals surface area (Å²) in [5.74, 6) is 0.458. The van der Waals surface area contributed by atoms with Crippen LogP contribution in [-0.2, 0) is 6.42 Å². The number of benzene rings is 1. The molecule has 0 unspecified atom stereocenters. The van der Waals surface area contributed by atoms with Gasteiger partial charge in [-0.1, -0.05) is 30.3 Å². The molecule has 1 fully saturated rings. The first-order valence-electron chi connectivity index (χ1n) is 10.3. The van der Waals surface area contributed by atoms with Gasteiger partial charge in [-0.3, -0.25) is 4.79 Å². The van der Waals surface area contributed by atoms with Gasteiger partial charge in [-0.2, -0.15) is 5.10 Å². The second kappa shape index (κ2) is 7.74. The summed E-state index contributed by atoms with van der Waals surface area (Å²) in [5, 5.41) is 8.51. The third-order valence-electron chi connectivity index (χ3n) is 5.40. The number of aromatic nitrogens is 3. The summed E-state index contributed by atoms with van der Waals surface area (Å²) in [6, 6.07) is 12.7. The zero-order valence-corrected chi connectivity index (χ0v) is 16.9. The van der Waals surface area contributed by atoms with E-state index in [4.69, 9.17) is 4.98 Å². The molecule has 146 valence electrons. The fraction of sp³-hybridized carbons (Fsp3) is 0.435. The number of fused-ring (bicyclic) bond motifs is 1. The zero-order chi connectivity index (χ0) is 19.7. The Morgan fingerprint density at radius 1 is 1.21 bits per heavy atom. The molecule has 1 aromatic carbocycles. The topological polar surface area (TPSA) is 59.8 Å². The van der Waals surface area contributed by atoms with Crippen LogP contribution in [0.5, 0.6) is 0 Å². The molecule has 1 atom stereocenters. The lowest BCUT2D eigenvalue weighted by Crippen LogP contribution is -2.33. The van der Waals surface area contributed by atoms with E-state index in [-0.39, 0.29) is 18.0 Å². The smallest absolute Gasteiger partial charge is 0.252 e. The summed E-state index contributed by atoms with van der Waals surface area (Å²) in [4.78, 5) is 17.9. The minimum atomic E-state index is -0.0295. The minimum absolute atomic E-state index is 0.0295. The van der Waals surface area contributed by atoms with Gasteiger partial charge in [0.05, 0.1) is 17.1 Å². The number of nitrogens with zero attached hydrogens (tertiary/aromatic N) is 3. The first kappa shape index (κ1) is 18.7. The van der Waals surface area contributed by atoms with E-state index in [0.29, 0.717) is 11.5 Å². The second-order valence-corrected chi connectivity index (χ2v) is 8.19. The van der Waals surface area contributed by atoms with Crippen molar-refractivity contribution in [2.75, 3.05) is 0 Å². The predicted octanol–water partition coefficient (Wildman–Crippen LogP) is 4.64. The fourth-order valence-electron chi connectivity index (χ4n) is 3.59. The molecule has 0 aliphatic heterocycles. The van der Waals surface area contributed by atoms with E-state index in [1.54, 1.807) is 6.20 Å². The Bertz CT molecular complexity index is 973. The number of carbonyl (C=O) groups excluding carboxylic acids is 1. The number of aryl methyl sites for hydroxylation is 1. The van der Waals surface area contributed by atoms with Crippen LogP contribution in [0.15, 0.2) is 42.6 Å². The highest BCUT2D eigenvalue weighted by molar-refractivity contribution is 6.05. The Labute approximate surface area is 166 Å². The molecule has 0 spiro atoms. The van der Waals surface area contributed by atoms with Gasteiger partial charge in [0.1, 0.15) is 0 Å². The highest BCUT2D eigenvalue weighted by Gasteiger charge is 2.28. The van der Waals surface area contributed by atoms with Gasteiger partial charge in [-0.25, -0.2) is 9.67 Å². The number of nitrogens with one attached hydrogen (secondary N) is 1. The lowest BCUT2D eigenvalue weighted by molar-refractivity contribution is 0.0940. The Morgan fingerprint density at radius 2 is 1.96 bits per heavy atom. The lowest BCUT2D eigenvalue weighted by Gasteiger charge is -2.15. The molecule has 1 N–H and O–H groups in total. The number of hydrogen-bond acceptors (Lipinski definition) is 3. The molecule has 1 amide bonds. The minimum Gasteiger partial charge on any atom is -0.350 e. The first-order valence-corrected chi connectivity index (χ1v) is 10.3. The monoisotopic (exact) mass is 376 g/mol. The highest BCUT2D eigenvalue weighted by Crippen LogP contribution is 2.40. The molecule has 1 aliphatic carbocycles. The van der Waals surface area contributed by atoms with Crippen LogP contribution in [-0.4, -0.2) is 26.7 Å². The summed E-state index contributed by atoms with van der Waals surface area (Å²) in [6.07, 6.45) is 5.95. The van der Waals surface area contributed by atoms with Gasteiger partial charge in [0.25, 0.3) is 5.91 Å². The van der Waals surface area contributed by atoms with E-state index in [1.165, 1.54) is 5.56 Å². The van der Waals surface area contributed by atoms with Crippen molar-refractivity contribution in [2.45, 2.75) is 64.5 Å². The maximum atomic E-state index is 13.1. The van der Waals surface area contributed by atoms with E-state index in [1.807, 2.05) is 16.8 Å². The Hall–Kier alpha value is -2.69. The Morgan fingerprint density at radius 3 is 2.64 bits per heavy atom. The molecule has 1 aliphatic rings. The van der Waals surface area contributed by atoms with Crippen molar-refractivity contribution >= 4 is 16.9 Å². The number of hydrogen-bond donors (Lipinski definition) is 1. The predicted molar refractivity (Wildman–Crippen MR) is 112 cm³/mol. The van der Waals surface area contributed by atoms with Crippen LogP contribution in [0.1, 0.15) is 73.6 Å². The van der Waals surface area contributed by atoms with Crippen molar-refractivity contribution in [1.29, 1.82) is 0 Å². The molecule has 1 saturated carbocycles. The summed E-state index contributed by atoms with van der Waals surface area (Å²) in [5.41, 5.74) is 3.84. The standard InChI is InChI=1S/C23H28N4O/c1-15(2)27-22-20(14-24-27)19(13-21(26-22)18-11-12-18)23(28)25-16(3)9-10-17-7-5-4-6-8-17/h4-8,13-16,18H,9-12H2,1-3H3,(H,25,28)/t16-/m0/s1. The third kappa shape index (κ3) is 3.93. The largest absolute Gasteiger partial charge is 0.350 e. The second-order valence-electron chi connectivity index (χ2n) is 8.19. The summed E-state index contributed by atoms with van der Waals surface area (Å²) < 4.78 is 1.91. The van der Waals surface area contributed by atoms with Crippen molar-refractivity contribution in [1.82, 2.24) is 20.1 Å². The van der Waals surface area contributed by atoms with Crippen LogP contribution < -0.4 is 5.32 Å². The third-order valence-corrected chi connectivity index (χ3v) is 5.40. The fourth-order valence-corrected chi connectivity index (χ4v) is 3.59. The van der Waals surface area contributed by atoms with Crippen molar-refractivity contribution in [2.24, 2.45) is 0 Å². The number of rotatable bonds is 7. The van der Waals surface area contributed by atoms with Crippen LogP contribution in [0, 0.1) is 0 Å². The van der Waals surface area contributed by atoms with Crippen molar-refractivity contribution in [3.63, 3.8) is 0 Å². The van der Waals surface area contributed by atoms with Gasteiger partial charge in [0.15, 0.2) is 5.65 Å². The van der Waals surface area contributed by atoms with Gasteiger partial charge in [-0.05, 0) is 58.1 Å². The Kier molecular flexibility index (Phi) is 5.16. The van der Waals surface area contributed by atoms with Gasteiger partial charge in [0, 0.05) is 23.7 Å². The SMILES string of the molecule is CC(C)n1ncc2c(C(=O)N[C@@H](C)CCc3ccccc3)cc(C3CC3)nc21. The molecule has 2 heterocycles. The summed E-state index contributed by atoms with van der Waals surface area (Å²) in [6.45, 7) is 6.24. The van der Waals surface area contributed by atoms with Gasteiger partial charge < -0.3 is 5.32 Å². The average Bonchev–Trinajstić information content (AvgIpc) is 3.45. The quantitative estimate of drug-likeness (QED) is 0.653. The van der Waals surface area contributed by atoms with Gasteiger partial charge in [-0.15, -0.1) is 0 Å². The molecule has 5 nitrogen and oxygen atoms in total. The van der Waals surface area contributed by atoms with Crippen LogP contribution in [0.2, 0.25) is 0 Å². The van der Waals surface area contributed by atoms with Gasteiger partial charge >= 0.3 is 0 Å². The molecule has 0 saturated heterocycles. The van der Waals surface area contributed by atoms with Crippen molar-refractivity contribution in [3.8, 4) is 0 Å². The van der Waals surface area contributed by atoms with E-state index >= 15 is 0 Å². The maximum Gasteiger partial charge on any atom is 0.252 e. The molecule has 3 aromatic rings. The molecular weight excluding hydrogens is 348 g/mol. The average molecular weight is 377 g/mol. The van der Waals surface area contributed by atoms with Crippen LogP contribution in [0.4, 0.5) is 0 Å². The highest BCUT2D eigenvalue weighted by atomic mass is 16.1. The zero-order valence-electron chi connectivity index (χ0n) is 16.9. The van der Waals surface area contributed by atoms with Gasteiger partial charge in [0.2, 0.25) is 0 Å².